The number of benzene rings is 1. The smallest absolute Gasteiger partial charge is 0.305 e. The molecule has 0 unspecified atom stereocenters. The lowest BCUT2D eigenvalue weighted by atomic mass is 10.1. The van der Waals surface area contributed by atoms with Crippen molar-refractivity contribution in [1.82, 2.24) is 0 Å². The topological polar surface area (TPSA) is 52.6 Å². The van der Waals surface area contributed by atoms with Crippen LogP contribution in [0.2, 0.25) is 0 Å². The molecule has 0 bridgehead atoms. The fourth-order valence-corrected chi connectivity index (χ4v) is 1.55. The van der Waals surface area contributed by atoms with Crippen molar-refractivity contribution < 1.29 is 19.1 Å². The second kappa shape index (κ2) is 6.39. The van der Waals surface area contributed by atoms with Crippen LogP contribution in [0.4, 0.5) is 0 Å². The van der Waals surface area contributed by atoms with Gasteiger partial charge in [-0.2, -0.15) is 0 Å². The van der Waals surface area contributed by atoms with Gasteiger partial charge in [0.2, 0.25) is 0 Å². The van der Waals surface area contributed by atoms with Crippen LogP contribution in [0.3, 0.4) is 0 Å². The highest BCUT2D eigenvalue weighted by molar-refractivity contribution is 9.10. The molecule has 0 saturated carbocycles. The summed E-state index contributed by atoms with van der Waals surface area (Å²) in [5.41, 5.74) is 0.917. The first-order valence-corrected chi connectivity index (χ1v) is 5.85. The summed E-state index contributed by atoms with van der Waals surface area (Å²) in [7, 11) is 0. The lowest BCUT2D eigenvalue weighted by Gasteiger charge is -2.16. The van der Waals surface area contributed by atoms with E-state index in [1.165, 1.54) is 13.8 Å². The van der Waals surface area contributed by atoms with Crippen molar-refractivity contribution in [2.75, 3.05) is 0 Å². The van der Waals surface area contributed by atoms with Crippen LogP contribution in [-0.2, 0) is 25.5 Å². The maximum absolute atomic E-state index is 10.9. The first kappa shape index (κ1) is 13.7. The molecule has 0 radical (unpaired) electrons. The quantitative estimate of drug-likeness (QED) is 0.633. The van der Waals surface area contributed by atoms with E-state index in [2.05, 4.69) is 15.9 Å². The van der Waals surface area contributed by atoms with Gasteiger partial charge in [-0.25, -0.2) is 0 Å². The highest BCUT2D eigenvalue weighted by Gasteiger charge is 2.15. The number of esters is 2. The molecule has 17 heavy (non-hydrogen) atoms. The third kappa shape index (κ3) is 5.49. The molecule has 1 aromatic rings. The van der Waals surface area contributed by atoms with Crippen LogP contribution in [0.1, 0.15) is 19.4 Å². The lowest BCUT2D eigenvalue weighted by Crippen LogP contribution is -2.24. The largest absolute Gasteiger partial charge is 0.425 e. The average Bonchev–Trinajstić information content (AvgIpc) is 2.19. The fourth-order valence-electron chi connectivity index (χ4n) is 1.29. The van der Waals surface area contributed by atoms with Gasteiger partial charge in [-0.3, -0.25) is 9.59 Å². The van der Waals surface area contributed by atoms with Crippen LogP contribution < -0.4 is 0 Å². The van der Waals surface area contributed by atoms with E-state index < -0.39 is 18.2 Å². The summed E-state index contributed by atoms with van der Waals surface area (Å²) < 4.78 is 10.8. The summed E-state index contributed by atoms with van der Waals surface area (Å²) >= 11 is 3.32. The number of carbonyl (C=O) groups excluding carboxylic acids is 2. The van der Waals surface area contributed by atoms with Crippen LogP contribution in [0.5, 0.6) is 0 Å². The number of ether oxygens (including phenoxy) is 2. The number of hydrogen-bond donors (Lipinski definition) is 0. The van der Waals surface area contributed by atoms with Gasteiger partial charge in [0.15, 0.2) is 0 Å². The molecule has 0 atom stereocenters. The van der Waals surface area contributed by atoms with Gasteiger partial charge < -0.3 is 9.47 Å². The molecule has 4 nitrogen and oxygen atoms in total. The summed E-state index contributed by atoms with van der Waals surface area (Å²) in [6.07, 6.45) is -0.530. The molecule has 1 rings (SSSR count). The summed E-state index contributed by atoms with van der Waals surface area (Å²) in [4.78, 5) is 21.7. The highest BCUT2D eigenvalue weighted by atomic mass is 79.9. The second-order valence-electron chi connectivity index (χ2n) is 3.48. The van der Waals surface area contributed by atoms with Crippen LogP contribution in [0.15, 0.2) is 28.7 Å². The van der Waals surface area contributed by atoms with Crippen LogP contribution in [0.25, 0.3) is 0 Å². The van der Waals surface area contributed by atoms with E-state index >= 15 is 0 Å². The molecule has 0 aromatic heterocycles. The fraction of sp³-hybridized carbons (Fsp3) is 0.333. The van der Waals surface area contributed by atoms with Gasteiger partial charge in [0.1, 0.15) is 0 Å². The van der Waals surface area contributed by atoms with E-state index in [4.69, 9.17) is 9.47 Å². The summed E-state index contributed by atoms with van der Waals surface area (Å²) in [5.74, 6) is -0.957. The third-order valence-electron chi connectivity index (χ3n) is 1.91. The Hall–Kier alpha value is -1.36. The molecular formula is C12H13BrO4. The van der Waals surface area contributed by atoms with Crippen molar-refractivity contribution >= 4 is 27.9 Å². The maximum atomic E-state index is 10.9. The number of hydrogen-bond acceptors (Lipinski definition) is 4. The standard InChI is InChI=1S/C12H13BrO4/c1-8(14)16-12(17-9(2)15)7-10-3-5-11(13)6-4-10/h3-6,12H,7H2,1-2H3. The monoisotopic (exact) mass is 300 g/mol. The first-order valence-electron chi connectivity index (χ1n) is 5.06. The average molecular weight is 301 g/mol. The van der Waals surface area contributed by atoms with Crippen LogP contribution in [-0.4, -0.2) is 18.2 Å². The Labute approximate surface area is 108 Å². The minimum absolute atomic E-state index is 0.340. The van der Waals surface area contributed by atoms with Crippen LogP contribution >= 0.6 is 15.9 Å². The van der Waals surface area contributed by atoms with E-state index in [1.807, 2.05) is 24.3 Å². The Kier molecular flexibility index (Phi) is 5.15. The van der Waals surface area contributed by atoms with Gasteiger partial charge in [-0.15, -0.1) is 0 Å². The molecule has 0 N–H and O–H groups in total. The highest BCUT2D eigenvalue weighted by Crippen LogP contribution is 2.13. The van der Waals surface area contributed by atoms with E-state index in [0.29, 0.717) is 6.42 Å². The Morgan fingerprint density at radius 1 is 1.12 bits per heavy atom. The zero-order valence-electron chi connectivity index (χ0n) is 9.60. The maximum Gasteiger partial charge on any atom is 0.305 e. The van der Waals surface area contributed by atoms with Crippen molar-refractivity contribution in [2.24, 2.45) is 0 Å². The second-order valence-corrected chi connectivity index (χ2v) is 4.39. The predicted octanol–water partition coefficient (Wildman–Crippen LogP) is 2.44. The molecular weight excluding hydrogens is 288 g/mol. The van der Waals surface area contributed by atoms with Crippen molar-refractivity contribution in [3.63, 3.8) is 0 Å². The van der Waals surface area contributed by atoms with E-state index in [-0.39, 0.29) is 0 Å². The molecule has 92 valence electrons. The third-order valence-corrected chi connectivity index (χ3v) is 2.44. The Morgan fingerprint density at radius 3 is 2.00 bits per heavy atom. The van der Waals surface area contributed by atoms with Crippen molar-refractivity contribution in [3.05, 3.63) is 34.3 Å². The SMILES string of the molecule is CC(=O)OC(Cc1ccc(Br)cc1)OC(C)=O. The lowest BCUT2D eigenvalue weighted by molar-refractivity contribution is -0.184. The minimum Gasteiger partial charge on any atom is -0.425 e. The van der Waals surface area contributed by atoms with Gasteiger partial charge in [-0.1, -0.05) is 28.1 Å². The summed E-state index contributed by atoms with van der Waals surface area (Å²) in [6, 6.07) is 7.47. The van der Waals surface area contributed by atoms with Crippen molar-refractivity contribution in [3.8, 4) is 0 Å². The number of halogens is 1. The number of carbonyl (C=O) groups is 2. The molecule has 0 aliphatic carbocycles. The zero-order valence-corrected chi connectivity index (χ0v) is 11.2. The molecule has 0 spiro atoms. The summed E-state index contributed by atoms with van der Waals surface area (Å²) in [5, 5.41) is 0. The van der Waals surface area contributed by atoms with Gasteiger partial charge >= 0.3 is 11.9 Å². The first-order chi connectivity index (χ1) is 7.97. The molecule has 0 saturated heterocycles. The van der Waals surface area contributed by atoms with E-state index in [0.717, 1.165) is 10.0 Å². The Balaban J connectivity index is 2.67. The molecule has 5 heteroatoms. The Morgan fingerprint density at radius 2 is 1.59 bits per heavy atom. The summed E-state index contributed by atoms with van der Waals surface area (Å²) in [6.45, 7) is 2.55. The molecule has 0 heterocycles. The van der Waals surface area contributed by atoms with Gasteiger partial charge in [0, 0.05) is 24.7 Å². The predicted molar refractivity (Wildman–Crippen MR) is 65.2 cm³/mol. The van der Waals surface area contributed by atoms with Crippen LogP contribution in [0, 0.1) is 0 Å². The molecule has 0 aliphatic rings. The molecule has 0 amide bonds. The van der Waals surface area contributed by atoms with E-state index in [1.54, 1.807) is 0 Å². The van der Waals surface area contributed by atoms with Crippen molar-refractivity contribution in [1.29, 1.82) is 0 Å². The van der Waals surface area contributed by atoms with Gasteiger partial charge in [0.05, 0.1) is 0 Å². The molecule has 0 aliphatic heterocycles. The van der Waals surface area contributed by atoms with E-state index in [9.17, 15) is 9.59 Å². The van der Waals surface area contributed by atoms with Gasteiger partial charge in [0.25, 0.3) is 6.29 Å². The molecule has 0 fully saturated rings. The molecule has 1 aromatic carbocycles. The normalized spacial score (nSPS) is 10.1. The zero-order chi connectivity index (χ0) is 12.8. The number of rotatable bonds is 4. The van der Waals surface area contributed by atoms with Gasteiger partial charge in [-0.05, 0) is 17.7 Å². The van der Waals surface area contributed by atoms with Crippen molar-refractivity contribution in [2.45, 2.75) is 26.6 Å². The minimum atomic E-state index is -0.869. The Bertz CT molecular complexity index is 383.